The lowest BCUT2D eigenvalue weighted by atomic mass is 10.1. The van der Waals surface area contributed by atoms with Crippen molar-refractivity contribution in [3.63, 3.8) is 0 Å². The summed E-state index contributed by atoms with van der Waals surface area (Å²) in [6, 6.07) is 16.2. The van der Waals surface area contributed by atoms with Gasteiger partial charge in [-0.1, -0.05) is 30.3 Å². The summed E-state index contributed by atoms with van der Waals surface area (Å²) in [5.41, 5.74) is 0. The van der Waals surface area contributed by atoms with Gasteiger partial charge in [-0.2, -0.15) is 0 Å². The molecule has 18 heavy (non-hydrogen) atoms. The van der Waals surface area contributed by atoms with E-state index in [1.54, 1.807) is 0 Å². The minimum Gasteiger partial charge on any atom is -0.314 e. The van der Waals surface area contributed by atoms with Crippen LogP contribution < -0.4 is 5.32 Å². The molecule has 0 aromatic heterocycles. The third-order valence-electron chi connectivity index (χ3n) is 3.32. The molecular weight excluding hydrogens is 238 g/mol. The van der Waals surface area contributed by atoms with Crippen molar-refractivity contribution in [1.82, 2.24) is 5.32 Å². The quantitative estimate of drug-likeness (QED) is 0.618. The van der Waals surface area contributed by atoms with Crippen LogP contribution in [0.3, 0.4) is 0 Å². The summed E-state index contributed by atoms with van der Waals surface area (Å²) in [6.07, 6.45) is 4.03. The Bertz CT molecular complexity index is 519. The van der Waals surface area contributed by atoms with Gasteiger partial charge in [0.05, 0.1) is 0 Å². The highest BCUT2D eigenvalue weighted by Crippen LogP contribution is 2.24. The van der Waals surface area contributed by atoms with Gasteiger partial charge in [0.25, 0.3) is 0 Å². The molecule has 0 atom stereocenters. The SMILES string of the molecule is c1ccc2cc(SCCCNC3CC3)ccc2c1. The molecule has 0 heterocycles. The van der Waals surface area contributed by atoms with Crippen molar-refractivity contribution < 1.29 is 0 Å². The Labute approximate surface area is 113 Å². The summed E-state index contributed by atoms with van der Waals surface area (Å²) in [5.74, 6) is 1.21. The lowest BCUT2D eigenvalue weighted by Crippen LogP contribution is -2.17. The van der Waals surface area contributed by atoms with E-state index in [0.717, 1.165) is 6.04 Å². The predicted octanol–water partition coefficient (Wildman–Crippen LogP) is 4.07. The predicted molar refractivity (Wildman–Crippen MR) is 80.3 cm³/mol. The molecule has 0 spiro atoms. The molecule has 0 unspecified atom stereocenters. The molecule has 0 aliphatic heterocycles. The zero-order chi connectivity index (χ0) is 12.2. The first-order valence-electron chi connectivity index (χ1n) is 6.77. The highest BCUT2D eigenvalue weighted by atomic mass is 32.2. The molecule has 0 bridgehead atoms. The topological polar surface area (TPSA) is 12.0 Å². The van der Waals surface area contributed by atoms with E-state index in [-0.39, 0.29) is 0 Å². The lowest BCUT2D eigenvalue weighted by molar-refractivity contribution is 0.674. The van der Waals surface area contributed by atoms with E-state index < -0.39 is 0 Å². The van der Waals surface area contributed by atoms with Crippen LogP contribution in [0.2, 0.25) is 0 Å². The van der Waals surface area contributed by atoms with Crippen LogP contribution in [0.5, 0.6) is 0 Å². The fourth-order valence-corrected chi connectivity index (χ4v) is 3.01. The van der Waals surface area contributed by atoms with E-state index in [1.165, 1.54) is 47.2 Å². The maximum Gasteiger partial charge on any atom is 0.00783 e. The summed E-state index contributed by atoms with van der Waals surface area (Å²) >= 11 is 1.97. The van der Waals surface area contributed by atoms with Gasteiger partial charge in [0, 0.05) is 10.9 Å². The van der Waals surface area contributed by atoms with Gasteiger partial charge in [0.15, 0.2) is 0 Å². The van der Waals surface area contributed by atoms with Crippen LogP contribution in [0, 0.1) is 0 Å². The molecule has 0 radical (unpaired) electrons. The van der Waals surface area contributed by atoms with Crippen LogP contribution in [0.25, 0.3) is 10.8 Å². The zero-order valence-corrected chi connectivity index (χ0v) is 11.4. The molecule has 0 saturated heterocycles. The van der Waals surface area contributed by atoms with Crippen molar-refractivity contribution in [2.24, 2.45) is 0 Å². The van der Waals surface area contributed by atoms with Crippen LogP contribution >= 0.6 is 11.8 Å². The third-order valence-corrected chi connectivity index (χ3v) is 4.40. The fraction of sp³-hybridized carbons (Fsp3) is 0.375. The standard InChI is InChI=1S/C16H19NS/c1-2-5-14-12-16(9-6-13(14)4-1)18-11-3-10-17-15-7-8-15/h1-2,4-6,9,12,15,17H,3,7-8,10-11H2. The maximum absolute atomic E-state index is 3.56. The van der Waals surface area contributed by atoms with E-state index in [1.807, 2.05) is 11.8 Å². The largest absolute Gasteiger partial charge is 0.314 e. The molecule has 2 aromatic rings. The van der Waals surface area contributed by atoms with Crippen LogP contribution in [0.1, 0.15) is 19.3 Å². The molecule has 1 aliphatic carbocycles. The molecule has 3 rings (SSSR count). The Morgan fingerprint density at radius 2 is 1.89 bits per heavy atom. The minimum atomic E-state index is 0.843. The maximum atomic E-state index is 3.56. The fourth-order valence-electron chi connectivity index (χ4n) is 2.11. The molecule has 2 aromatic carbocycles. The van der Waals surface area contributed by atoms with Crippen molar-refractivity contribution in [2.45, 2.75) is 30.2 Å². The molecule has 1 fully saturated rings. The van der Waals surface area contributed by atoms with Crippen molar-refractivity contribution in [3.05, 3.63) is 42.5 Å². The number of hydrogen-bond donors (Lipinski definition) is 1. The molecule has 2 heteroatoms. The summed E-state index contributed by atoms with van der Waals surface area (Å²) in [4.78, 5) is 1.39. The Kier molecular flexibility index (Phi) is 3.87. The van der Waals surface area contributed by atoms with E-state index in [2.05, 4.69) is 47.8 Å². The lowest BCUT2D eigenvalue weighted by Gasteiger charge is -2.04. The molecular formula is C16H19NS. The smallest absolute Gasteiger partial charge is 0.00783 e. The van der Waals surface area contributed by atoms with Gasteiger partial charge < -0.3 is 5.32 Å². The van der Waals surface area contributed by atoms with Gasteiger partial charge in [-0.3, -0.25) is 0 Å². The normalized spacial score (nSPS) is 15.1. The van der Waals surface area contributed by atoms with Gasteiger partial charge in [-0.05, 0) is 54.5 Å². The molecule has 0 amide bonds. The van der Waals surface area contributed by atoms with E-state index >= 15 is 0 Å². The highest BCUT2D eigenvalue weighted by Gasteiger charge is 2.19. The number of nitrogens with one attached hydrogen (secondary N) is 1. The van der Waals surface area contributed by atoms with E-state index in [0.29, 0.717) is 0 Å². The Morgan fingerprint density at radius 1 is 1.06 bits per heavy atom. The van der Waals surface area contributed by atoms with Gasteiger partial charge in [0.1, 0.15) is 0 Å². The monoisotopic (exact) mass is 257 g/mol. The first-order valence-corrected chi connectivity index (χ1v) is 7.75. The third kappa shape index (κ3) is 3.27. The second kappa shape index (κ2) is 5.77. The van der Waals surface area contributed by atoms with Crippen LogP contribution in [-0.2, 0) is 0 Å². The average molecular weight is 257 g/mol. The second-order valence-electron chi connectivity index (χ2n) is 4.94. The van der Waals surface area contributed by atoms with Crippen LogP contribution in [-0.4, -0.2) is 18.3 Å². The molecule has 1 saturated carbocycles. The highest BCUT2D eigenvalue weighted by molar-refractivity contribution is 7.99. The van der Waals surface area contributed by atoms with Gasteiger partial charge in [-0.25, -0.2) is 0 Å². The first kappa shape index (κ1) is 12.1. The molecule has 1 N–H and O–H groups in total. The number of fused-ring (bicyclic) bond motifs is 1. The summed E-state index contributed by atoms with van der Waals surface area (Å²) in [6.45, 7) is 1.17. The number of thioether (sulfide) groups is 1. The van der Waals surface area contributed by atoms with Gasteiger partial charge in [-0.15, -0.1) is 11.8 Å². The van der Waals surface area contributed by atoms with Crippen LogP contribution in [0.15, 0.2) is 47.4 Å². The number of benzene rings is 2. The molecule has 1 aliphatic rings. The van der Waals surface area contributed by atoms with Crippen molar-refractivity contribution in [2.75, 3.05) is 12.3 Å². The van der Waals surface area contributed by atoms with Gasteiger partial charge in [0.2, 0.25) is 0 Å². The minimum absolute atomic E-state index is 0.843. The van der Waals surface area contributed by atoms with Gasteiger partial charge >= 0.3 is 0 Å². The van der Waals surface area contributed by atoms with E-state index in [4.69, 9.17) is 0 Å². The summed E-state index contributed by atoms with van der Waals surface area (Å²) in [5, 5.41) is 6.24. The Hall–Kier alpha value is -0.990. The molecule has 1 nitrogen and oxygen atoms in total. The summed E-state index contributed by atoms with van der Waals surface area (Å²) in [7, 11) is 0. The Morgan fingerprint density at radius 3 is 2.72 bits per heavy atom. The first-order chi connectivity index (χ1) is 8.92. The van der Waals surface area contributed by atoms with Crippen molar-refractivity contribution >= 4 is 22.5 Å². The van der Waals surface area contributed by atoms with Crippen LogP contribution in [0.4, 0.5) is 0 Å². The molecule has 94 valence electrons. The van der Waals surface area contributed by atoms with Crippen molar-refractivity contribution in [1.29, 1.82) is 0 Å². The van der Waals surface area contributed by atoms with E-state index in [9.17, 15) is 0 Å². The number of hydrogen-bond acceptors (Lipinski definition) is 2. The van der Waals surface area contributed by atoms with Crippen molar-refractivity contribution in [3.8, 4) is 0 Å². The second-order valence-corrected chi connectivity index (χ2v) is 6.11. The summed E-state index contributed by atoms with van der Waals surface area (Å²) < 4.78 is 0. The number of rotatable bonds is 6. The Balaban J connectivity index is 1.50. The zero-order valence-electron chi connectivity index (χ0n) is 10.6. The average Bonchev–Trinajstić information content (AvgIpc) is 3.22.